The van der Waals surface area contributed by atoms with E-state index in [-0.39, 0.29) is 22.7 Å². The predicted molar refractivity (Wildman–Crippen MR) is 122 cm³/mol. The van der Waals surface area contributed by atoms with Crippen molar-refractivity contribution in [3.8, 4) is 22.9 Å². The van der Waals surface area contributed by atoms with Crippen LogP contribution in [0.15, 0.2) is 48.8 Å². The number of fused-ring (bicyclic) bond motifs is 1. The van der Waals surface area contributed by atoms with Gasteiger partial charge in [-0.1, -0.05) is 0 Å². The van der Waals surface area contributed by atoms with Crippen molar-refractivity contribution in [1.82, 2.24) is 20.2 Å². The van der Waals surface area contributed by atoms with E-state index in [2.05, 4.69) is 25.1 Å². The fraction of sp³-hybridized carbons (Fsp3) is 0.250. The number of hydrogen-bond donors (Lipinski definition) is 2. The van der Waals surface area contributed by atoms with Crippen LogP contribution >= 0.6 is 0 Å². The van der Waals surface area contributed by atoms with Crippen LogP contribution in [0.1, 0.15) is 17.4 Å². The summed E-state index contributed by atoms with van der Waals surface area (Å²) in [6, 6.07) is 11.1. The van der Waals surface area contributed by atoms with Crippen LogP contribution in [0, 0.1) is 5.82 Å². The molecule has 2 aromatic carbocycles. The fourth-order valence-electron chi connectivity index (χ4n) is 4.00. The molecular formula is C24H22FN5O4. The van der Waals surface area contributed by atoms with Gasteiger partial charge in [0.2, 0.25) is 5.88 Å². The summed E-state index contributed by atoms with van der Waals surface area (Å²) in [6.07, 6.45) is 0.0387. The van der Waals surface area contributed by atoms with E-state index in [1.807, 2.05) is 18.2 Å². The van der Waals surface area contributed by atoms with Gasteiger partial charge in [0.25, 0.3) is 0 Å². The van der Waals surface area contributed by atoms with Crippen molar-refractivity contribution in [2.75, 3.05) is 38.3 Å². The largest absolute Gasteiger partial charge is 0.507 e. The Balaban J connectivity index is 1.55. The normalized spacial score (nSPS) is 14.9. The third-order valence-corrected chi connectivity index (χ3v) is 5.81. The number of halogens is 1. The number of phenolic OH excluding ortho intramolecular Hbond substituents is 1. The Kier molecular flexibility index (Phi) is 5.91. The summed E-state index contributed by atoms with van der Waals surface area (Å²) >= 11 is 0. The van der Waals surface area contributed by atoms with E-state index in [1.165, 1.54) is 31.6 Å². The zero-order chi connectivity index (χ0) is 23.7. The lowest BCUT2D eigenvalue weighted by Gasteiger charge is -2.29. The van der Waals surface area contributed by atoms with Crippen LogP contribution in [-0.2, 0) is 4.74 Å². The molecule has 1 atom stereocenters. The molecule has 1 unspecified atom stereocenters. The van der Waals surface area contributed by atoms with Crippen molar-refractivity contribution in [3.63, 3.8) is 0 Å². The molecule has 0 amide bonds. The molecular weight excluding hydrogens is 441 g/mol. The molecule has 1 aliphatic rings. The standard InChI is InChI=1S/C24H22FN5O4/c1-33-22-5-4-19(28-29-22)24(32)17-11-16(18(25)12-21(17)31)23-15-3-2-14(10-20(15)26-13-27-23)30-6-8-34-9-7-30/h2-5,10-13,24,31-32H,6-9H2,1H3. The Morgan fingerprint density at radius 1 is 1.06 bits per heavy atom. The van der Waals surface area contributed by atoms with E-state index in [4.69, 9.17) is 9.47 Å². The highest BCUT2D eigenvalue weighted by Gasteiger charge is 2.22. The number of ether oxygens (including phenoxy) is 2. The Morgan fingerprint density at radius 3 is 2.62 bits per heavy atom. The number of methoxy groups -OCH3 is 1. The van der Waals surface area contributed by atoms with Crippen LogP contribution < -0.4 is 9.64 Å². The molecule has 10 heteroatoms. The van der Waals surface area contributed by atoms with Gasteiger partial charge in [0.15, 0.2) is 0 Å². The lowest BCUT2D eigenvalue weighted by atomic mass is 9.98. The van der Waals surface area contributed by atoms with Gasteiger partial charge in [-0.15, -0.1) is 10.2 Å². The first-order chi connectivity index (χ1) is 16.5. The molecule has 9 nitrogen and oxygen atoms in total. The Bertz CT molecular complexity index is 1330. The van der Waals surface area contributed by atoms with Gasteiger partial charge in [-0.3, -0.25) is 0 Å². The number of aromatic nitrogens is 4. The highest BCUT2D eigenvalue weighted by molar-refractivity contribution is 5.94. The minimum absolute atomic E-state index is 0.0764. The van der Waals surface area contributed by atoms with Crippen LogP contribution in [-0.4, -0.2) is 63.8 Å². The van der Waals surface area contributed by atoms with E-state index < -0.39 is 17.7 Å². The highest BCUT2D eigenvalue weighted by atomic mass is 19.1. The monoisotopic (exact) mass is 463 g/mol. The maximum absolute atomic E-state index is 15.0. The van der Waals surface area contributed by atoms with Crippen LogP contribution in [0.5, 0.6) is 11.6 Å². The molecule has 1 saturated heterocycles. The molecule has 0 saturated carbocycles. The van der Waals surface area contributed by atoms with Gasteiger partial charge in [-0.2, -0.15) is 0 Å². The minimum atomic E-state index is -1.33. The van der Waals surface area contributed by atoms with Crippen LogP contribution in [0.25, 0.3) is 22.2 Å². The number of aromatic hydroxyl groups is 1. The van der Waals surface area contributed by atoms with Crippen molar-refractivity contribution in [2.24, 2.45) is 0 Å². The third kappa shape index (κ3) is 4.09. The molecule has 0 radical (unpaired) electrons. The van der Waals surface area contributed by atoms with Crippen molar-refractivity contribution in [1.29, 1.82) is 0 Å². The summed E-state index contributed by atoms with van der Waals surface area (Å²) < 4.78 is 25.4. The van der Waals surface area contributed by atoms with Crippen molar-refractivity contribution < 1.29 is 24.1 Å². The van der Waals surface area contributed by atoms with Crippen molar-refractivity contribution in [2.45, 2.75) is 6.10 Å². The van der Waals surface area contributed by atoms with Gasteiger partial charge in [0.05, 0.1) is 37.2 Å². The minimum Gasteiger partial charge on any atom is -0.507 e. The predicted octanol–water partition coefficient (Wildman–Crippen LogP) is 2.86. The molecule has 2 aromatic heterocycles. The maximum atomic E-state index is 15.0. The maximum Gasteiger partial charge on any atom is 0.233 e. The number of morpholine rings is 1. The Morgan fingerprint density at radius 2 is 1.88 bits per heavy atom. The molecule has 1 aliphatic heterocycles. The van der Waals surface area contributed by atoms with Gasteiger partial charge < -0.3 is 24.6 Å². The summed E-state index contributed by atoms with van der Waals surface area (Å²) in [6.45, 7) is 2.89. The van der Waals surface area contributed by atoms with E-state index in [0.29, 0.717) is 29.8 Å². The number of rotatable bonds is 5. The number of phenols is 1. The van der Waals surface area contributed by atoms with E-state index in [9.17, 15) is 10.2 Å². The molecule has 174 valence electrons. The number of anilines is 1. The second-order valence-electron chi connectivity index (χ2n) is 7.82. The number of aliphatic hydroxyl groups is 1. The molecule has 2 N–H and O–H groups in total. The summed E-state index contributed by atoms with van der Waals surface area (Å²) in [5.41, 5.74) is 2.39. The van der Waals surface area contributed by atoms with E-state index in [0.717, 1.165) is 24.8 Å². The van der Waals surface area contributed by atoms with E-state index in [1.54, 1.807) is 0 Å². The summed E-state index contributed by atoms with van der Waals surface area (Å²) in [5.74, 6) is -0.797. The molecule has 0 aliphatic carbocycles. The molecule has 1 fully saturated rings. The Labute approximate surface area is 194 Å². The molecule has 5 rings (SSSR count). The zero-order valence-corrected chi connectivity index (χ0v) is 18.3. The van der Waals surface area contributed by atoms with Crippen LogP contribution in [0.3, 0.4) is 0 Å². The van der Waals surface area contributed by atoms with E-state index >= 15 is 4.39 Å². The van der Waals surface area contributed by atoms with Crippen LogP contribution in [0.4, 0.5) is 10.1 Å². The second kappa shape index (κ2) is 9.16. The average Bonchev–Trinajstić information content (AvgIpc) is 2.88. The summed E-state index contributed by atoms with van der Waals surface area (Å²) in [7, 11) is 1.45. The topological polar surface area (TPSA) is 114 Å². The molecule has 0 bridgehead atoms. The molecule has 4 aromatic rings. The SMILES string of the molecule is COc1ccc(C(O)c2cc(-c3ncnc4cc(N5CCOCC5)ccc34)c(F)cc2O)nn1. The highest BCUT2D eigenvalue weighted by Crippen LogP contribution is 2.36. The second-order valence-corrected chi connectivity index (χ2v) is 7.82. The van der Waals surface area contributed by atoms with Gasteiger partial charge in [0, 0.05) is 47.4 Å². The van der Waals surface area contributed by atoms with Crippen molar-refractivity contribution >= 4 is 16.6 Å². The Hall–Kier alpha value is -3.89. The van der Waals surface area contributed by atoms with Crippen LogP contribution in [0.2, 0.25) is 0 Å². The van der Waals surface area contributed by atoms with Gasteiger partial charge >= 0.3 is 0 Å². The number of hydrogen-bond acceptors (Lipinski definition) is 9. The number of aliphatic hydroxyl groups excluding tert-OH is 1. The van der Waals surface area contributed by atoms with Crippen molar-refractivity contribution in [3.05, 3.63) is 65.9 Å². The first kappa shape index (κ1) is 21.9. The summed E-state index contributed by atoms with van der Waals surface area (Å²) in [5, 5.41) is 29.6. The molecule has 34 heavy (non-hydrogen) atoms. The fourth-order valence-corrected chi connectivity index (χ4v) is 4.00. The van der Waals surface area contributed by atoms with Gasteiger partial charge in [-0.25, -0.2) is 14.4 Å². The summed E-state index contributed by atoms with van der Waals surface area (Å²) in [4.78, 5) is 10.9. The molecule has 0 spiro atoms. The first-order valence-corrected chi connectivity index (χ1v) is 10.7. The lowest BCUT2D eigenvalue weighted by molar-refractivity contribution is 0.122. The average molecular weight is 463 g/mol. The number of nitrogens with zero attached hydrogens (tertiary/aromatic N) is 5. The number of benzene rings is 2. The van der Waals surface area contributed by atoms with Gasteiger partial charge in [-0.05, 0) is 30.3 Å². The lowest BCUT2D eigenvalue weighted by Crippen LogP contribution is -2.36. The first-order valence-electron chi connectivity index (χ1n) is 10.7. The smallest absolute Gasteiger partial charge is 0.233 e. The quantitative estimate of drug-likeness (QED) is 0.461. The van der Waals surface area contributed by atoms with Gasteiger partial charge in [0.1, 0.15) is 24.0 Å². The zero-order valence-electron chi connectivity index (χ0n) is 18.3. The molecule has 3 heterocycles. The third-order valence-electron chi connectivity index (χ3n) is 5.81.